The van der Waals surface area contributed by atoms with Crippen LogP contribution in [0.2, 0.25) is 0 Å². The molecule has 0 aliphatic rings. The van der Waals surface area contributed by atoms with E-state index in [9.17, 15) is 0 Å². The molecule has 0 radical (unpaired) electrons. The van der Waals surface area contributed by atoms with Gasteiger partial charge in [-0.2, -0.15) is 0 Å². The molecule has 0 rings (SSSR count). The molecule has 0 saturated heterocycles. The average molecular weight is 216 g/mol. The van der Waals surface area contributed by atoms with E-state index < -0.39 is 0 Å². The molecule has 0 unspecified atom stereocenters. The van der Waals surface area contributed by atoms with Crippen LogP contribution in [0, 0.1) is 0 Å². The SMILES string of the molecule is O.O.O.O.O.O.O.[SrH2]. The zero-order valence-electron chi connectivity index (χ0n) is 3.50. The third kappa shape index (κ3) is 192. The molecule has 0 atom stereocenters. The number of rotatable bonds is 0. The molecule has 14 N–H and O–H groups in total. The standard InChI is InChI=1S/7H2O.Sr.2H/h7*1H2;;;. The van der Waals surface area contributed by atoms with Gasteiger partial charge in [0.15, 0.2) is 0 Å². The molecule has 0 aromatic heterocycles. The molecule has 0 aliphatic heterocycles. The second-order valence-corrected chi connectivity index (χ2v) is 0. The monoisotopic (exact) mass is 216 g/mol. The molecule has 0 spiro atoms. The van der Waals surface area contributed by atoms with Crippen molar-refractivity contribution in [1.82, 2.24) is 0 Å². The van der Waals surface area contributed by atoms with E-state index >= 15 is 0 Å². The summed E-state index contributed by atoms with van der Waals surface area (Å²) < 4.78 is 0. The summed E-state index contributed by atoms with van der Waals surface area (Å²) in [5.41, 5.74) is 0. The van der Waals surface area contributed by atoms with Gasteiger partial charge in [0.05, 0.1) is 0 Å². The Bertz CT molecular complexity index is 4.35. The van der Waals surface area contributed by atoms with Gasteiger partial charge in [-0.1, -0.05) is 0 Å². The number of hydrogen-bond donors (Lipinski definition) is 0. The first kappa shape index (κ1) is 429. The fourth-order valence-electron chi connectivity index (χ4n) is 0. The van der Waals surface area contributed by atoms with Gasteiger partial charge < -0.3 is 38.3 Å². The van der Waals surface area contributed by atoms with E-state index in [0.717, 1.165) is 0 Å². The van der Waals surface area contributed by atoms with Crippen molar-refractivity contribution < 1.29 is 38.3 Å². The van der Waals surface area contributed by atoms with E-state index in [1.807, 2.05) is 0 Å². The van der Waals surface area contributed by atoms with E-state index in [0.29, 0.717) is 0 Å². The third-order valence-electron chi connectivity index (χ3n) is 0. The zero-order chi connectivity index (χ0) is 0. The Morgan fingerprint density at radius 1 is 0.250 bits per heavy atom. The third-order valence-corrected chi connectivity index (χ3v) is 0. The van der Waals surface area contributed by atoms with Crippen LogP contribution in [0.4, 0.5) is 0 Å². The van der Waals surface area contributed by atoms with Gasteiger partial charge in [-0.05, 0) is 0 Å². The van der Waals surface area contributed by atoms with Crippen molar-refractivity contribution in [1.29, 1.82) is 0 Å². The first-order valence-corrected chi connectivity index (χ1v) is 0. The fraction of sp³-hybridized carbons (Fsp3) is 0. The quantitative estimate of drug-likeness (QED) is 0.344. The fourth-order valence-corrected chi connectivity index (χ4v) is 0. The average Bonchev–Trinajstić information content (AvgIpc) is 0. The normalized spacial score (nSPS) is 0. The van der Waals surface area contributed by atoms with Crippen LogP contribution in [0.3, 0.4) is 0 Å². The molecule has 0 saturated carbocycles. The van der Waals surface area contributed by atoms with Crippen LogP contribution < -0.4 is 0 Å². The molecule has 0 fully saturated rings. The molecule has 7 nitrogen and oxygen atoms in total. The maximum atomic E-state index is 0. The Balaban J connectivity index is 0. The van der Waals surface area contributed by atoms with Gasteiger partial charge in [-0.3, -0.25) is 0 Å². The summed E-state index contributed by atoms with van der Waals surface area (Å²) in [6, 6.07) is 0. The topological polar surface area (TPSA) is 220 Å². The van der Waals surface area contributed by atoms with Gasteiger partial charge in [0.1, 0.15) is 0 Å². The van der Waals surface area contributed by atoms with Crippen molar-refractivity contribution in [3.63, 3.8) is 0 Å². The van der Waals surface area contributed by atoms with Crippen molar-refractivity contribution in [3.05, 3.63) is 0 Å². The summed E-state index contributed by atoms with van der Waals surface area (Å²) >= 11 is 0. The van der Waals surface area contributed by atoms with E-state index in [1.54, 1.807) is 0 Å². The van der Waals surface area contributed by atoms with Crippen molar-refractivity contribution >= 4 is 45.5 Å². The van der Waals surface area contributed by atoms with Crippen molar-refractivity contribution in [3.8, 4) is 0 Å². The molecule has 0 aromatic carbocycles. The van der Waals surface area contributed by atoms with Crippen LogP contribution in [-0.4, -0.2) is 83.8 Å². The van der Waals surface area contributed by atoms with E-state index in [4.69, 9.17) is 0 Å². The van der Waals surface area contributed by atoms with Crippen LogP contribution in [0.5, 0.6) is 0 Å². The van der Waals surface area contributed by atoms with Gasteiger partial charge in [0.2, 0.25) is 0 Å². The molecular formula is H16O7Sr. The van der Waals surface area contributed by atoms with Crippen molar-refractivity contribution in [2.24, 2.45) is 0 Å². The Morgan fingerprint density at radius 2 is 0.250 bits per heavy atom. The van der Waals surface area contributed by atoms with Crippen molar-refractivity contribution in [2.75, 3.05) is 0 Å². The zero-order valence-corrected chi connectivity index (χ0v) is 3.50. The van der Waals surface area contributed by atoms with Crippen LogP contribution in [0.1, 0.15) is 0 Å². The van der Waals surface area contributed by atoms with Gasteiger partial charge in [0.25, 0.3) is 0 Å². The summed E-state index contributed by atoms with van der Waals surface area (Å²) in [7, 11) is 0. The summed E-state index contributed by atoms with van der Waals surface area (Å²) in [6.45, 7) is 0. The molecule has 0 bridgehead atoms. The number of hydrogen-bond acceptors (Lipinski definition) is 0. The predicted octanol–water partition coefficient (Wildman–Crippen LogP) is -6.69. The summed E-state index contributed by atoms with van der Waals surface area (Å²) in [4.78, 5) is 0. The molecule has 8 heteroatoms. The molecule has 0 amide bonds. The molecular weight excluding hydrogens is 200 g/mol. The van der Waals surface area contributed by atoms with Crippen LogP contribution >= 0.6 is 0 Å². The second kappa shape index (κ2) is 295. The summed E-state index contributed by atoms with van der Waals surface area (Å²) in [5.74, 6) is 0. The Labute approximate surface area is 83.1 Å². The molecule has 0 aliphatic carbocycles. The van der Waals surface area contributed by atoms with Crippen LogP contribution in [0.15, 0.2) is 0 Å². The van der Waals surface area contributed by atoms with Crippen LogP contribution in [0.25, 0.3) is 0 Å². The molecule has 0 heterocycles. The summed E-state index contributed by atoms with van der Waals surface area (Å²) in [6.07, 6.45) is 0. The Hall–Kier alpha value is 1.20. The van der Waals surface area contributed by atoms with Crippen LogP contribution in [-0.2, 0) is 0 Å². The Kier molecular flexibility index (Phi) is 15800. The van der Waals surface area contributed by atoms with Gasteiger partial charge in [0, 0.05) is 0 Å². The first-order chi connectivity index (χ1) is 0. The first-order valence-electron chi connectivity index (χ1n) is 0. The van der Waals surface area contributed by atoms with E-state index in [2.05, 4.69) is 0 Å². The van der Waals surface area contributed by atoms with Gasteiger partial charge >= 0.3 is 45.5 Å². The maximum absolute atomic E-state index is 0. The molecule has 60 valence electrons. The minimum atomic E-state index is 0. The molecule has 8 heavy (non-hydrogen) atoms. The van der Waals surface area contributed by atoms with Gasteiger partial charge in [-0.25, -0.2) is 0 Å². The van der Waals surface area contributed by atoms with E-state index in [1.165, 1.54) is 0 Å². The van der Waals surface area contributed by atoms with E-state index in [-0.39, 0.29) is 83.8 Å². The Morgan fingerprint density at radius 3 is 0.250 bits per heavy atom. The van der Waals surface area contributed by atoms with Crippen molar-refractivity contribution in [2.45, 2.75) is 0 Å². The minimum absolute atomic E-state index is 0. The predicted molar refractivity (Wildman–Crippen MR) is 33.8 cm³/mol. The second-order valence-electron chi connectivity index (χ2n) is 0. The molecule has 0 aromatic rings. The summed E-state index contributed by atoms with van der Waals surface area (Å²) in [5, 5.41) is 0. The van der Waals surface area contributed by atoms with Gasteiger partial charge in [-0.15, -0.1) is 0 Å².